The van der Waals surface area contributed by atoms with Crippen molar-refractivity contribution in [1.82, 2.24) is 10.6 Å². The molecule has 164 valence electrons. The zero-order valence-corrected chi connectivity index (χ0v) is 16.5. The molecule has 0 radical (unpaired) electrons. The number of amides is 1. The van der Waals surface area contributed by atoms with Crippen LogP contribution in [-0.2, 0) is 11.0 Å². The molecule has 0 spiro atoms. The number of halogens is 5. The van der Waals surface area contributed by atoms with E-state index in [1.54, 1.807) is 14.0 Å². The molecule has 1 amide bonds. The fourth-order valence-electron chi connectivity index (χ4n) is 2.57. The van der Waals surface area contributed by atoms with E-state index in [2.05, 4.69) is 10.6 Å². The molecule has 0 unspecified atom stereocenters. The Morgan fingerprint density at radius 3 is 2.23 bits per heavy atom. The Bertz CT molecular complexity index is 1040. The summed E-state index contributed by atoms with van der Waals surface area (Å²) >= 11 is 0. The third-order valence-corrected chi connectivity index (χ3v) is 4.31. The molecule has 0 saturated carbocycles. The number of carbonyl (C=O) groups excluding carboxylic acids is 2. The molecule has 2 rings (SSSR count). The molecule has 0 heterocycles. The van der Waals surface area contributed by atoms with Gasteiger partial charge < -0.3 is 10.6 Å². The second-order valence-electron chi connectivity index (χ2n) is 6.46. The maximum Gasteiger partial charge on any atom is 0.416 e. The molecule has 2 aromatic carbocycles. The lowest BCUT2D eigenvalue weighted by Crippen LogP contribution is -2.33. The van der Waals surface area contributed by atoms with Crippen LogP contribution in [0.2, 0.25) is 0 Å². The van der Waals surface area contributed by atoms with E-state index in [9.17, 15) is 31.5 Å². The molecule has 3 N–H and O–H groups in total. The van der Waals surface area contributed by atoms with Gasteiger partial charge in [-0.3, -0.25) is 15.0 Å². The van der Waals surface area contributed by atoms with E-state index in [-0.39, 0.29) is 16.8 Å². The van der Waals surface area contributed by atoms with Crippen molar-refractivity contribution in [2.24, 2.45) is 0 Å². The van der Waals surface area contributed by atoms with Crippen LogP contribution in [-0.4, -0.2) is 31.0 Å². The first kappa shape index (κ1) is 23.7. The van der Waals surface area contributed by atoms with Crippen molar-refractivity contribution < 1.29 is 31.5 Å². The monoisotopic (exact) mass is 439 g/mol. The third-order valence-electron chi connectivity index (χ3n) is 4.31. The molecular weight excluding hydrogens is 421 g/mol. The molecule has 0 aliphatic rings. The molecule has 2 aromatic rings. The average molecular weight is 439 g/mol. The Hall–Kier alpha value is -3.56. The molecule has 0 aliphatic heterocycles. The Labute approximate surface area is 174 Å². The fourth-order valence-corrected chi connectivity index (χ4v) is 2.57. The van der Waals surface area contributed by atoms with Crippen molar-refractivity contribution in [2.45, 2.75) is 13.1 Å². The van der Waals surface area contributed by atoms with E-state index >= 15 is 0 Å². The van der Waals surface area contributed by atoms with Gasteiger partial charge in [-0.25, -0.2) is 8.78 Å². The highest BCUT2D eigenvalue weighted by atomic mass is 19.4. The van der Waals surface area contributed by atoms with Crippen LogP contribution < -0.4 is 10.6 Å². The molecule has 0 fully saturated rings. The van der Waals surface area contributed by atoms with Gasteiger partial charge in [-0.05, 0) is 42.8 Å². The van der Waals surface area contributed by atoms with Crippen LogP contribution in [0.1, 0.15) is 22.8 Å². The summed E-state index contributed by atoms with van der Waals surface area (Å²) in [6, 6.07) is 4.86. The zero-order chi connectivity index (χ0) is 23.3. The van der Waals surface area contributed by atoms with E-state index in [0.29, 0.717) is 23.9 Å². The molecule has 10 heteroatoms. The lowest BCUT2D eigenvalue weighted by Gasteiger charge is -2.13. The second-order valence-corrected chi connectivity index (χ2v) is 6.46. The summed E-state index contributed by atoms with van der Waals surface area (Å²) in [6.45, 7) is 1.04. The van der Waals surface area contributed by atoms with E-state index in [1.165, 1.54) is 6.08 Å². The largest absolute Gasteiger partial charge is 0.416 e. The summed E-state index contributed by atoms with van der Waals surface area (Å²) in [7, 11) is 1.59. The van der Waals surface area contributed by atoms with Crippen LogP contribution in [0.5, 0.6) is 0 Å². The molecule has 0 aliphatic carbocycles. The maximum absolute atomic E-state index is 14.5. The van der Waals surface area contributed by atoms with Gasteiger partial charge in [0, 0.05) is 18.3 Å². The third kappa shape index (κ3) is 5.74. The smallest absolute Gasteiger partial charge is 0.392 e. The van der Waals surface area contributed by atoms with Crippen molar-refractivity contribution in [2.75, 3.05) is 13.6 Å². The van der Waals surface area contributed by atoms with Gasteiger partial charge in [0.25, 0.3) is 5.91 Å². The van der Waals surface area contributed by atoms with Crippen LogP contribution in [0.15, 0.2) is 48.2 Å². The minimum Gasteiger partial charge on any atom is -0.392 e. The van der Waals surface area contributed by atoms with Crippen molar-refractivity contribution in [3.63, 3.8) is 0 Å². The van der Waals surface area contributed by atoms with E-state index in [1.807, 2.05) is 0 Å². The molecule has 0 saturated heterocycles. The number of allylic oxidation sites excluding steroid dienone is 2. The van der Waals surface area contributed by atoms with Crippen LogP contribution >= 0.6 is 0 Å². The lowest BCUT2D eigenvalue weighted by atomic mass is 9.97. The number of carbonyl (C=O) groups is 2. The number of nitrogens with one attached hydrogen (secondary N) is 3. The summed E-state index contributed by atoms with van der Waals surface area (Å²) in [5.41, 5.74) is -1.91. The number of hydrogen-bond donors (Lipinski definition) is 3. The lowest BCUT2D eigenvalue weighted by molar-refractivity contribution is -0.137. The van der Waals surface area contributed by atoms with Crippen molar-refractivity contribution in [3.05, 3.63) is 70.9 Å². The number of hydrogen-bond acceptors (Lipinski definition) is 4. The predicted octanol–water partition coefficient (Wildman–Crippen LogP) is 4.09. The van der Waals surface area contributed by atoms with Gasteiger partial charge >= 0.3 is 6.18 Å². The minimum atomic E-state index is -4.62. The zero-order valence-electron chi connectivity index (χ0n) is 16.5. The Morgan fingerprint density at radius 1 is 1.06 bits per heavy atom. The van der Waals surface area contributed by atoms with E-state index in [0.717, 1.165) is 18.2 Å². The SMILES string of the molecule is CN/C(C)=C\C(=N)C(=O)CNC(=O)c1ccc(F)c(F)c1-c1ccc(C(F)(F)F)cc1. The van der Waals surface area contributed by atoms with Crippen LogP contribution in [0, 0.1) is 17.0 Å². The van der Waals surface area contributed by atoms with Crippen LogP contribution in [0.3, 0.4) is 0 Å². The number of alkyl halides is 3. The van der Waals surface area contributed by atoms with Gasteiger partial charge in [0.2, 0.25) is 0 Å². The molecule has 0 atom stereocenters. The molecule has 31 heavy (non-hydrogen) atoms. The normalized spacial score (nSPS) is 11.8. The van der Waals surface area contributed by atoms with Crippen LogP contribution in [0.4, 0.5) is 22.0 Å². The number of rotatable bonds is 7. The predicted molar refractivity (Wildman–Crippen MR) is 105 cm³/mol. The Kier molecular flexibility index (Phi) is 7.27. The van der Waals surface area contributed by atoms with Crippen LogP contribution in [0.25, 0.3) is 11.1 Å². The highest BCUT2D eigenvalue weighted by Gasteiger charge is 2.30. The van der Waals surface area contributed by atoms with Gasteiger partial charge in [-0.15, -0.1) is 0 Å². The van der Waals surface area contributed by atoms with E-state index in [4.69, 9.17) is 5.41 Å². The minimum absolute atomic E-state index is 0.151. The standard InChI is InChI=1S/C21H18F5N3O2/c1-11(28-2)9-16(27)17(30)10-29-20(31)14-7-8-15(22)19(23)18(14)12-3-5-13(6-4-12)21(24,25)26/h3-9,27-28H,10H2,1-2H3,(H,29,31)/b11-9-,27-16?. The molecular formula is C21H18F5N3O2. The van der Waals surface area contributed by atoms with Crippen molar-refractivity contribution in [1.29, 1.82) is 5.41 Å². The number of ketones is 1. The summed E-state index contributed by atoms with van der Waals surface area (Å²) < 4.78 is 66.5. The molecule has 0 aromatic heterocycles. The molecule has 0 bridgehead atoms. The summed E-state index contributed by atoms with van der Waals surface area (Å²) in [4.78, 5) is 24.5. The Morgan fingerprint density at radius 2 is 1.68 bits per heavy atom. The summed E-state index contributed by atoms with van der Waals surface area (Å²) in [6.07, 6.45) is -3.37. The van der Waals surface area contributed by atoms with Crippen molar-refractivity contribution in [3.8, 4) is 11.1 Å². The first-order chi connectivity index (χ1) is 14.5. The van der Waals surface area contributed by atoms with Gasteiger partial charge in [0.1, 0.15) is 5.71 Å². The fraction of sp³-hybridized carbons (Fsp3) is 0.190. The maximum atomic E-state index is 14.5. The first-order valence-corrected chi connectivity index (χ1v) is 8.87. The summed E-state index contributed by atoms with van der Waals surface area (Å²) in [5.74, 6) is -4.40. The quantitative estimate of drug-likeness (QED) is 0.449. The Balaban J connectivity index is 2.31. The molecule has 5 nitrogen and oxygen atoms in total. The van der Waals surface area contributed by atoms with Gasteiger partial charge in [0.15, 0.2) is 17.4 Å². The van der Waals surface area contributed by atoms with E-state index < -0.39 is 47.2 Å². The number of Topliss-reactive ketones (excluding diaryl/α,β-unsaturated/α-hetero) is 1. The van der Waals surface area contributed by atoms with Crippen molar-refractivity contribution >= 4 is 17.4 Å². The highest BCUT2D eigenvalue weighted by Crippen LogP contribution is 2.33. The van der Waals surface area contributed by atoms with Gasteiger partial charge in [-0.2, -0.15) is 13.2 Å². The number of benzene rings is 2. The summed E-state index contributed by atoms with van der Waals surface area (Å²) in [5, 5.41) is 12.6. The van der Waals surface area contributed by atoms with Gasteiger partial charge in [0.05, 0.1) is 17.7 Å². The highest BCUT2D eigenvalue weighted by molar-refractivity contribution is 6.44. The van der Waals surface area contributed by atoms with Gasteiger partial charge in [-0.1, -0.05) is 12.1 Å². The first-order valence-electron chi connectivity index (χ1n) is 8.87. The topological polar surface area (TPSA) is 82.1 Å². The second kappa shape index (κ2) is 9.50. The average Bonchev–Trinajstić information content (AvgIpc) is 2.72.